The number of carbonyl (C=O) groups excluding carboxylic acids is 1. The molecule has 0 bridgehead atoms. The number of anilines is 2. The summed E-state index contributed by atoms with van der Waals surface area (Å²) < 4.78 is 10.2. The highest BCUT2D eigenvalue weighted by Gasteiger charge is 2.14. The molecule has 1 fully saturated rings. The fraction of sp³-hybridized carbons (Fsp3) is 0.357. The van der Waals surface area contributed by atoms with Crippen molar-refractivity contribution in [3.8, 4) is 0 Å². The average molecular weight is 288 g/mol. The van der Waals surface area contributed by atoms with Crippen molar-refractivity contribution < 1.29 is 14.1 Å². The van der Waals surface area contributed by atoms with E-state index in [4.69, 9.17) is 9.26 Å². The molecule has 2 aromatic rings. The predicted octanol–water partition coefficient (Wildman–Crippen LogP) is 1.47. The number of ether oxygens (including phenoxy) is 1. The molecule has 0 spiro atoms. The van der Waals surface area contributed by atoms with Crippen LogP contribution in [0.2, 0.25) is 0 Å². The van der Waals surface area contributed by atoms with Crippen molar-refractivity contribution in [2.75, 3.05) is 36.5 Å². The van der Waals surface area contributed by atoms with E-state index in [2.05, 4.69) is 20.4 Å². The van der Waals surface area contributed by atoms with E-state index >= 15 is 0 Å². The third-order valence-electron chi connectivity index (χ3n) is 3.19. The van der Waals surface area contributed by atoms with Crippen LogP contribution in [0.25, 0.3) is 0 Å². The molecule has 1 saturated heterocycles. The normalized spacial score (nSPS) is 15.0. The van der Waals surface area contributed by atoms with E-state index in [1.54, 1.807) is 19.2 Å². The summed E-state index contributed by atoms with van der Waals surface area (Å²) in [6.45, 7) is 4.85. The Morgan fingerprint density at radius 2 is 2.14 bits per heavy atom. The molecule has 0 aliphatic carbocycles. The van der Waals surface area contributed by atoms with Crippen molar-refractivity contribution >= 4 is 17.4 Å². The summed E-state index contributed by atoms with van der Waals surface area (Å²) in [5.74, 6) is 0.730. The van der Waals surface area contributed by atoms with E-state index in [1.807, 2.05) is 12.1 Å². The van der Waals surface area contributed by atoms with Crippen LogP contribution in [0.15, 0.2) is 28.9 Å². The second kappa shape index (κ2) is 5.92. The summed E-state index contributed by atoms with van der Waals surface area (Å²) in [7, 11) is 0. The van der Waals surface area contributed by atoms with Gasteiger partial charge in [-0.25, -0.2) is 4.98 Å². The molecule has 0 aromatic carbocycles. The third kappa shape index (κ3) is 3.19. The van der Waals surface area contributed by atoms with Crippen LogP contribution in [0.5, 0.6) is 0 Å². The van der Waals surface area contributed by atoms with Crippen LogP contribution in [0.3, 0.4) is 0 Å². The minimum Gasteiger partial charge on any atom is -0.378 e. The number of rotatable bonds is 3. The van der Waals surface area contributed by atoms with E-state index in [0.29, 0.717) is 24.6 Å². The zero-order valence-corrected chi connectivity index (χ0v) is 11.7. The van der Waals surface area contributed by atoms with Gasteiger partial charge in [-0.05, 0) is 19.1 Å². The van der Waals surface area contributed by atoms with E-state index in [1.165, 1.54) is 0 Å². The molecule has 0 radical (unpaired) electrons. The molecule has 110 valence electrons. The topological polar surface area (TPSA) is 80.5 Å². The van der Waals surface area contributed by atoms with Crippen LogP contribution in [-0.2, 0) is 4.74 Å². The largest absolute Gasteiger partial charge is 0.378 e. The van der Waals surface area contributed by atoms with Crippen LogP contribution >= 0.6 is 0 Å². The Morgan fingerprint density at radius 1 is 1.33 bits per heavy atom. The number of nitrogens with zero attached hydrogens (tertiary/aromatic N) is 3. The molecule has 1 N–H and O–H groups in total. The lowest BCUT2D eigenvalue weighted by atomic mass is 10.3. The number of aryl methyl sites for hydroxylation is 1. The Morgan fingerprint density at radius 3 is 2.76 bits per heavy atom. The molecule has 0 atom stereocenters. The van der Waals surface area contributed by atoms with Gasteiger partial charge in [-0.2, -0.15) is 0 Å². The van der Waals surface area contributed by atoms with Crippen molar-refractivity contribution in [3.05, 3.63) is 35.9 Å². The number of pyridine rings is 1. The van der Waals surface area contributed by atoms with Gasteiger partial charge in [0, 0.05) is 19.2 Å². The average Bonchev–Trinajstić information content (AvgIpc) is 2.96. The van der Waals surface area contributed by atoms with Crippen LogP contribution in [0, 0.1) is 6.92 Å². The quantitative estimate of drug-likeness (QED) is 0.921. The minimum absolute atomic E-state index is 0.185. The fourth-order valence-electron chi connectivity index (χ4n) is 2.10. The predicted molar refractivity (Wildman–Crippen MR) is 76.5 cm³/mol. The van der Waals surface area contributed by atoms with E-state index in [0.717, 1.165) is 18.9 Å². The van der Waals surface area contributed by atoms with E-state index < -0.39 is 0 Å². The van der Waals surface area contributed by atoms with Gasteiger partial charge in [0.05, 0.1) is 30.8 Å². The highest BCUT2D eigenvalue weighted by atomic mass is 16.5. The molecule has 1 aliphatic rings. The first-order chi connectivity index (χ1) is 10.2. The zero-order valence-electron chi connectivity index (χ0n) is 11.7. The smallest absolute Gasteiger partial charge is 0.294 e. The van der Waals surface area contributed by atoms with E-state index in [-0.39, 0.29) is 11.7 Å². The Labute approximate surface area is 121 Å². The summed E-state index contributed by atoms with van der Waals surface area (Å²) >= 11 is 0. The molecule has 7 nitrogen and oxygen atoms in total. The maximum Gasteiger partial charge on any atom is 0.294 e. The lowest BCUT2D eigenvalue weighted by Gasteiger charge is -2.27. The van der Waals surface area contributed by atoms with Gasteiger partial charge in [-0.1, -0.05) is 5.16 Å². The van der Waals surface area contributed by atoms with Gasteiger partial charge in [-0.3, -0.25) is 4.79 Å². The fourth-order valence-corrected chi connectivity index (χ4v) is 2.10. The SMILES string of the molecule is Cc1cc(C(=O)Nc2ccc(N3CCOCC3)nc2)on1. The number of morpholine rings is 1. The maximum atomic E-state index is 11.9. The Balaban J connectivity index is 1.65. The van der Waals surface area contributed by atoms with Gasteiger partial charge >= 0.3 is 0 Å². The number of amides is 1. The molecular weight excluding hydrogens is 272 g/mol. The maximum absolute atomic E-state index is 11.9. The van der Waals surface area contributed by atoms with Crippen LogP contribution in [-0.4, -0.2) is 42.4 Å². The van der Waals surface area contributed by atoms with Crippen molar-refractivity contribution in [1.29, 1.82) is 0 Å². The highest BCUT2D eigenvalue weighted by Crippen LogP contribution is 2.16. The molecule has 0 saturated carbocycles. The first kappa shape index (κ1) is 13.6. The molecule has 2 aromatic heterocycles. The van der Waals surface area contributed by atoms with Gasteiger partial charge in [-0.15, -0.1) is 0 Å². The summed E-state index contributed by atoms with van der Waals surface area (Å²) in [6, 6.07) is 5.29. The molecule has 7 heteroatoms. The van der Waals surface area contributed by atoms with Crippen LogP contribution in [0.1, 0.15) is 16.2 Å². The molecule has 21 heavy (non-hydrogen) atoms. The summed E-state index contributed by atoms with van der Waals surface area (Å²) in [6.07, 6.45) is 1.63. The number of aromatic nitrogens is 2. The van der Waals surface area contributed by atoms with Gasteiger partial charge < -0.3 is 19.5 Å². The van der Waals surface area contributed by atoms with Crippen molar-refractivity contribution in [1.82, 2.24) is 10.1 Å². The second-order valence-corrected chi connectivity index (χ2v) is 4.79. The van der Waals surface area contributed by atoms with Crippen molar-refractivity contribution in [2.45, 2.75) is 6.92 Å². The third-order valence-corrected chi connectivity index (χ3v) is 3.19. The molecule has 1 amide bonds. The molecule has 1 aliphatic heterocycles. The molecular formula is C14H16N4O3. The summed E-state index contributed by atoms with van der Waals surface area (Å²) in [5, 5.41) is 6.41. The van der Waals surface area contributed by atoms with Gasteiger partial charge in [0.25, 0.3) is 5.91 Å². The molecule has 0 unspecified atom stereocenters. The Bertz CT molecular complexity index is 617. The second-order valence-electron chi connectivity index (χ2n) is 4.79. The Kier molecular flexibility index (Phi) is 3.83. The van der Waals surface area contributed by atoms with Gasteiger partial charge in [0.1, 0.15) is 5.82 Å². The summed E-state index contributed by atoms with van der Waals surface area (Å²) in [5.41, 5.74) is 1.28. The number of carbonyl (C=O) groups is 1. The van der Waals surface area contributed by atoms with Crippen LogP contribution in [0.4, 0.5) is 11.5 Å². The zero-order chi connectivity index (χ0) is 14.7. The Hall–Kier alpha value is -2.41. The summed E-state index contributed by atoms with van der Waals surface area (Å²) in [4.78, 5) is 18.4. The first-order valence-electron chi connectivity index (χ1n) is 6.76. The van der Waals surface area contributed by atoms with Crippen molar-refractivity contribution in [3.63, 3.8) is 0 Å². The number of hydrogen-bond donors (Lipinski definition) is 1. The first-order valence-corrected chi connectivity index (χ1v) is 6.76. The molecule has 3 heterocycles. The monoisotopic (exact) mass is 288 g/mol. The standard InChI is InChI=1S/C14H16N4O3/c1-10-8-12(21-17-10)14(19)16-11-2-3-13(15-9-11)18-4-6-20-7-5-18/h2-3,8-9H,4-7H2,1H3,(H,16,19). The minimum atomic E-state index is -0.337. The van der Waals surface area contributed by atoms with Crippen molar-refractivity contribution in [2.24, 2.45) is 0 Å². The molecule has 3 rings (SSSR count). The van der Waals surface area contributed by atoms with Gasteiger partial charge in [0.2, 0.25) is 5.76 Å². The van der Waals surface area contributed by atoms with Gasteiger partial charge in [0.15, 0.2) is 0 Å². The van der Waals surface area contributed by atoms with Crippen LogP contribution < -0.4 is 10.2 Å². The number of nitrogens with one attached hydrogen (secondary N) is 1. The lowest BCUT2D eigenvalue weighted by molar-refractivity contribution is 0.0988. The lowest BCUT2D eigenvalue weighted by Crippen LogP contribution is -2.36. The van der Waals surface area contributed by atoms with E-state index in [9.17, 15) is 4.79 Å². The number of hydrogen-bond acceptors (Lipinski definition) is 6. The highest BCUT2D eigenvalue weighted by molar-refractivity contribution is 6.02.